The summed E-state index contributed by atoms with van der Waals surface area (Å²) in [4.78, 5) is 8.77. The first-order valence-corrected chi connectivity index (χ1v) is 15.9. The normalized spacial score (nSPS) is 11.2. The Balaban J connectivity index is 1.64. The lowest BCUT2D eigenvalue weighted by molar-refractivity contribution is 0.607. The molecule has 4 rings (SSSR count). The molecule has 0 spiro atoms. The summed E-state index contributed by atoms with van der Waals surface area (Å²) >= 11 is 0. The minimum atomic E-state index is 1.12. The maximum atomic E-state index is 4.38. The first-order chi connectivity index (χ1) is 19.8. The first-order valence-electron chi connectivity index (χ1n) is 15.9. The van der Waals surface area contributed by atoms with Gasteiger partial charge in [0.15, 0.2) is 0 Å². The highest BCUT2D eigenvalue weighted by Gasteiger charge is 2.13. The summed E-state index contributed by atoms with van der Waals surface area (Å²) in [6.07, 6.45) is 25.7. The zero-order chi connectivity index (χ0) is 27.8. The average molecular weight is 533 g/mol. The molecule has 210 valence electrons. The van der Waals surface area contributed by atoms with Gasteiger partial charge in [-0.1, -0.05) is 127 Å². The van der Waals surface area contributed by atoms with Crippen LogP contribution in [-0.4, -0.2) is 9.97 Å². The molecule has 0 saturated heterocycles. The minimum Gasteiger partial charge on any atom is -0.264 e. The monoisotopic (exact) mass is 532 g/mol. The van der Waals surface area contributed by atoms with Crippen molar-refractivity contribution in [2.75, 3.05) is 0 Å². The molecule has 0 aliphatic rings. The second-order valence-corrected chi connectivity index (χ2v) is 11.3. The third kappa shape index (κ3) is 8.88. The molecular formula is C38H48N2. The summed E-state index contributed by atoms with van der Waals surface area (Å²) in [6.45, 7) is 4.58. The lowest BCUT2D eigenvalue weighted by Crippen LogP contribution is -1.98. The van der Waals surface area contributed by atoms with Crippen molar-refractivity contribution in [3.63, 3.8) is 0 Å². The zero-order valence-corrected chi connectivity index (χ0v) is 24.9. The number of aryl methyl sites for hydroxylation is 2. The maximum absolute atomic E-state index is 4.38. The van der Waals surface area contributed by atoms with Crippen LogP contribution in [0.3, 0.4) is 0 Å². The summed E-state index contributed by atoms with van der Waals surface area (Å²) in [7, 11) is 0. The molecule has 2 heteroatoms. The second kappa shape index (κ2) is 16.8. The predicted octanol–water partition coefficient (Wildman–Crippen LogP) is 11.3. The van der Waals surface area contributed by atoms with Gasteiger partial charge in [0.1, 0.15) is 0 Å². The fourth-order valence-corrected chi connectivity index (χ4v) is 5.74. The Labute approximate surface area is 243 Å². The van der Waals surface area contributed by atoms with Gasteiger partial charge in [-0.25, -0.2) is 0 Å². The van der Waals surface area contributed by atoms with E-state index in [1.807, 2.05) is 36.9 Å². The molecule has 0 radical (unpaired) electrons. The molecule has 4 aromatic rings. The highest BCUT2D eigenvalue weighted by Crippen LogP contribution is 2.35. The molecule has 0 unspecified atom stereocenters. The Morgan fingerprint density at radius 2 is 0.875 bits per heavy atom. The highest BCUT2D eigenvalue weighted by molar-refractivity contribution is 5.78. The van der Waals surface area contributed by atoms with Crippen molar-refractivity contribution >= 4 is 0 Å². The van der Waals surface area contributed by atoms with Crippen LogP contribution in [0.25, 0.3) is 33.4 Å². The number of benzene rings is 2. The minimum absolute atomic E-state index is 1.12. The van der Waals surface area contributed by atoms with Crippen LogP contribution in [0.2, 0.25) is 0 Å². The van der Waals surface area contributed by atoms with Crippen molar-refractivity contribution in [1.82, 2.24) is 9.97 Å². The third-order valence-corrected chi connectivity index (χ3v) is 8.09. The summed E-state index contributed by atoms with van der Waals surface area (Å²) in [5.41, 5.74) is 10.7. The Kier molecular flexibility index (Phi) is 12.4. The van der Waals surface area contributed by atoms with E-state index < -0.39 is 0 Å². The zero-order valence-electron chi connectivity index (χ0n) is 24.9. The maximum Gasteiger partial charge on any atom is 0.0346 e. The summed E-state index contributed by atoms with van der Waals surface area (Å²) in [5.74, 6) is 0. The summed E-state index contributed by atoms with van der Waals surface area (Å²) in [6, 6.07) is 22.6. The number of nitrogens with zero attached hydrogens (tertiary/aromatic N) is 2. The van der Waals surface area contributed by atoms with E-state index >= 15 is 0 Å². The highest BCUT2D eigenvalue weighted by atomic mass is 14.6. The number of hydrogen-bond donors (Lipinski definition) is 0. The van der Waals surface area contributed by atoms with Crippen molar-refractivity contribution < 1.29 is 0 Å². The molecule has 2 nitrogen and oxygen atoms in total. The van der Waals surface area contributed by atoms with Crippen LogP contribution in [0, 0.1) is 0 Å². The second-order valence-electron chi connectivity index (χ2n) is 11.3. The lowest BCUT2D eigenvalue weighted by Gasteiger charge is -2.17. The number of rotatable bonds is 17. The van der Waals surface area contributed by atoms with E-state index in [-0.39, 0.29) is 0 Å². The fourth-order valence-electron chi connectivity index (χ4n) is 5.74. The average Bonchev–Trinajstić information content (AvgIpc) is 3.01. The van der Waals surface area contributed by atoms with Crippen LogP contribution in [0.5, 0.6) is 0 Å². The molecule has 0 saturated carbocycles. The van der Waals surface area contributed by atoms with Crippen molar-refractivity contribution in [3.8, 4) is 33.4 Å². The van der Waals surface area contributed by atoms with E-state index in [9.17, 15) is 0 Å². The number of aromatic nitrogens is 2. The summed E-state index contributed by atoms with van der Waals surface area (Å²) < 4.78 is 0. The Morgan fingerprint density at radius 1 is 0.450 bits per heavy atom. The molecule has 0 aliphatic heterocycles. The molecule has 2 aromatic heterocycles. The fraction of sp³-hybridized carbons (Fsp3) is 0.421. The van der Waals surface area contributed by atoms with E-state index in [2.05, 4.69) is 72.3 Å². The van der Waals surface area contributed by atoms with Crippen LogP contribution >= 0.6 is 0 Å². The first kappa shape index (κ1) is 29.7. The van der Waals surface area contributed by atoms with Gasteiger partial charge in [0.2, 0.25) is 0 Å². The SMILES string of the molecule is CCCCCCCCc1cc(-c2cccnc2)ccc1-c1ccc(-c2cccnc2)cc1CCCCCCCC. The van der Waals surface area contributed by atoms with Gasteiger partial charge in [0.05, 0.1) is 0 Å². The molecule has 2 heterocycles. The van der Waals surface area contributed by atoms with E-state index in [0.717, 1.165) is 12.8 Å². The Hall–Kier alpha value is -3.26. The van der Waals surface area contributed by atoms with Crippen LogP contribution in [0.1, 0.15) is 102 Å². The third-order valence-electron chi connectivity index (χ3n) is 8.09. The van der Waals surface area contributed by atoms with Gasteiger partial charge in [-0.15, -0.1) is 0 Å². The smallest absolute Gasteiger partial charge is 0.0346 e. The largest absolute Gasteiger partial charge is 0.264 e. The molecular weight excluding hydrogens is 484 g/mol. The van der Waals surface area contributed by atoms with Crippen molar-refractivity contribution in [1.29, 1.82) is 0 Å². The lowest BCUT2D eigenvalue weighted by atomic mass is 9.87. The van der Waals surface area contributed by atoms with Crippen molar-refractivity contribution in [3.05, 3.63) is 96.6 Å². The van der Waals surface area contributed by atoms with Crippen LogP contribution in [-0.2, 0) is 12.8 Å². The topological polar surface area (TPSA) is 25.8 Å². The molecule has 40 heavy (non-hydrogen) atoms. The Bertz CT molecular complexity index is 1160. The number of unbranched alkanes of at least 4 members (excludes halogenated alkanes) is 10. The molecule has 0 atom stereocenters. The molecule has 0 aliphatic carbocycles. The van der Waals surface area contributed by atoms with Gasteiger partial charge in [-0.05, 0) is 82.3 Å². The number of pyridine rings is 2. The molecule has 0 fully saturated rings. The van der Waals surface area contributed by atoms with Crippen LogP contribution in [0.4, 0.5) is 0 Å². The van der Waals surface area contributed by atoms with Gasteiger partial charge in [-0.3, -0.25) is 9.97 Å². The van der Waals surface area contributed by atoms with E-state index in [0.29, 0.717) is 0 Å². The standard InChI is InChI=1S/C38H48N2/c1-3-5-7-9-11-13-17-33-27-31(35-19-15-25-39-29-35)21-23-37(33)38-24-22-32(36-20-16-26-40-30-36)28-34(38)18-14-12-10-8-6-4-2/h15-16,19-30H,3-14,17-18H2,1-2H3. The van der Waals surface area contributed by atoms with Gasteiger partial charge in [0.25, 0.3) is 0 Å². The van der Waals surface area contributed by atoms with E-state index in [1.54, 1.807) is 0 Å². The Morgan fingerprint density at radius 3 is 1.27 bits per heavy atom. The molecule has 2 aromatic carbocycles. The molecule has 0 N–H and O–H groups in total. The van der Waals surface area contributed by atoms with Crippen molar-refractivity contribution in [2.24, 2.45) is 0 Å². The molecule has 0 bridgehead atoms. The van der Waals surface area contributed by atoms with Crippen LogP contribution < -0.4 is 0 Å². The van der Waals surface area contributed by atoms with Gasteiger partial charge in [-0.2, -0.15) is 0 Å². The van der Waals surface area contributed by atoms with Crippen LogP contribution in [0.15, 0.2) is 85.5 Å². The molecule has 0 amide bonds. The van der Waals surface area contributed by atoms with Gasteiger partial charge < -0.3 is 0 Å². The van der Waals surface area contributed by atoms with Crippen molar-refractivity contribution in [2.45, 2.75) is 104 Å². The van der Waals surface area contributed by atoms with E-state index in [4.69, 9.17) is 0 Å². The quantitative estimate of drug-likeness (QED) is 0.126. The number of hydrogen-bond acceptors (Lipinski definition) is 2. The van der Waals surface area contributed by atoms with Gasteiger partial charge >= 0.3 is 0 Å². The van der Waals surface area contributed by atoms with E-state index in [1.165, 1.54) is 122 Å². The summed E-state index contributed by atoms with van der Waals surface area (Å²) in [5, 5.41) is 0. The predicted molar refractivity (Wildman–Crippen MR) is 172 cm³/mol. The van der Waals surface area contributed by atoms with Gasteiger partial charge in [0, 0.05) is 24.8 Å².